The molecule has 0 saturated heterocycles. The SMILES string of the molecule is COCCCn1c(SCC(=O)Nc2ccc3c(c2)OCO3)nnc1-c1ccc(Cl)cc1. The van der Waals surface area contributed by atoms with E-state index in [-0.39, 0.29) is 18.5 Å². The largest absolute Gasteiger partial charge is 0.454 e. The van der Waals surface area contributed by atoms with Gasteiger partial charge in [-0.3, -0.25) is 4.79 Å². The number of halogens is 1. The average molecular weight is 461 g/mol. The molecule has 0 fully saturated rings. The molecule has 0 bridgehead atoms. The van der Waals surface area contributed by atoms with Gasteiger partial charge in [0, 0.05) is 42.6 Å². The second kappa shape index (κ2) is 10.0. The Morgan fingerprint density at radius 3 is 2.81 bits per heavy atom. The predicted molar refractivity (Wildman–Crippen MR) is 119 cm³/mol. The first-order valence-electron chi connectivity index (χ1n) is 9.64. The third-order valence-corrected chi connectivity index (χ3v) is 5.76. The van der Waals surface area contributed by atoms with Crippen LogP contribution >= 0.6 is 23.4 Å². The van der Waals surface area contributed by atoms with E-state index in [1.165, 1.54) is 11.8 Å². The van der Waals surface area contributed by atoms with Gasteiger partial charge in [0.05, 0.1) is 5.75 Å². The summed E-state index contributed by atoms with van der Waals surface area (Å²) >= 11 is 7.34. The number of nitrogens with one attached hydrogen (secondary N) is 1. The molecule has 2 aromatic carbocycles. The molecule has 4 rings (SSSR count). The van der Waals surface area contributed by atoms with E-state index in [1.807, 2.05) is 28.8 Å². The van der Waals surface area contributed by atoms with Crippen LogP contribution in [-0.4, -0.2) is 46.9 Å². The van der Waals surface area contributed by atoms with Crippen molar-refractivity contribution in [1.82, 2.24) is 14.8 Å². The molecule has 0 saturated carbocycles. The van der Waals surface area contributed by atoms with Gasteiger partial charge in [-0.15, -0.1) is 10.2 Å². The lowest BCUT2D eigenvalue weighted by atomic mass is 10.2. The molecule has 3 aromatic rings. The summed E-state index contributed by atoms with van der Waals surface area (Å²) < 4.78 is 17.8. The lowest BCUT2D eigenvalue weighted by Crippen LogP contribution is -2.15. The third-order valence-electron chi connectivity index (χ3n) is 4.54. The van der Waals surface area contributed by atoms with Gasteiger partial charge < -0.3 is 24.1 Å². The van der Waals surface area contributed by atoms with E-state index >= 15 is 0 Å². The van der Waals surface area contributed by atoms with Crippen molar-refractivity contribution in [3.63, 3.8) is 0 Å². The van der Waals surface area contributed by atoms with Crippen LogP contribution in [0.1, 0.15) is 6.42 Å². The Balaban J connectivity index is 1.44. The number of hydrogen-bond donors (Lipinski definition) is 1. The van der Waals surface area contributed by atoms with E-state index in [9.17, 15) is 4.79 Å². The molecule has 1 amide bonds. The lowest BCUT2D eigenvalue weighted by Gasteiger charge is -2.10. The molecule has 2 heterocycles. The number of nitrogens with zero attached hydrogens (tertiary/aromatic N) is 3. The first kappa shape index (κ1) is 21.5. The Kier molecular flexibility index (Phi) is 6.96. The van der Waals surface area contributed by atoms with Crippen LogP contribution in [-0.2, 0) is 16.1 Å². The van der Waals surface area contributed by atoms with Gasteiger partial charge in [0.25, 0.3) is 0 Å². The van der Waals surface area contributed by atoms with Gasteiger partial charge in [-0.05, 0) is 42.8 Å². The molecular weight excluding hydrogens is 440 g/mol. The van der Waals surface area contributed by atoms with E-state index in [1.54, 1.807) is 25.3 Å². The van der Waals surface area contributed by atoms with Crippen LogP contribution in [0.15, 0.2) is 47.6 Å². The van der Waals surface area contributed by atoms with Crippen molar-refractivity contribution >= 4 is 35.0 Å². The van der Waals surface area contributed by atoms with Gasteiger partial charge in [0.15, 0.2) is 22.5 Å². The summed E-state index contributed by atoms with van der Waals surface area (Å²) in [6.45, 7) is 1.48. The highest BCUT2D eigenvalue weighted by atomic mass is 35.5. The molecular formula is C21H21ClN4O4S. The molecule has 162 valence electrons. The molecule has 31 heavy (non-hydrogen) atoms. The van der Waals surface area contributed by atoms with Crippen molar-refractivity contribution in [2.45, 2.75) is 18.1 Å². The van der Waals surface area contributed by atoms with Crippen molar-refractivity contribution in [2.24, 2.45) is 0 Å². The number of thioether (sulfide) groups is 1. The lowest BCUT2D eigenvalue weighted by molar-refractivity contribution is -0.113. The van der Waals surface area contributed by atoms with Crippen molar-refractivity contribution in [1.29, 1.82) is 0 Å². The van der Waals surface area contributed by atoms with Crippen LogP contribution in [0.25, 0.3) is 11.4 Å². The quantitative estimate of drug-likeness (QED) is 0.380. The van der Waals surface area contributed by atoms with E-state index in [0.717, 1.165) is 17.8 Å². The molecule has 10 heteroatoms. The molecule has 1 aliphatic rings. The second-order valence-electron chi connectivity index (χ2n) is 6.72. The number of hydrogen-bond acceptors (Lipinski definition) is 7. The Bertz CT molecular complexity index is 1060. The highest BCUT2D eigenvalue weighted by Gasteiger charge is 2.17. The van der Waals surface area contributed by atoms with Crippen LogP contribution in [0.5, 0.6) is 11.5 Å². The zero-order valence-electron chi connectivity index (χ0n) is 16.8. The van der Waals surface area contributed by atoms with Crippen molar-refractivity contribution in [3.8, 4) is 22.9 Å². The van der Waals surface area contributed by atoms with Crippen molar-refractivity contribution in [2.75, 3.05) is 31.6 Å². The summed E-state index contributed by atoms with van der Waals surface area (Å²) in [7, 11) is 1.67. The predicted octanol–water partition coefficient (Wildman–Crippen LogP) is 4.09. The molecule has 1 aliphatic heterocycles. The monoisotopic (exact) mass is 460 g/mol. The fraction of sp³-hybridized carbons (Fsp3) is 0.286. The van der Waals surface area contributed by atoms with E-state index in [4.69, 9.17) is 25.8 Å². The Morgan fingerprint density at radius 1 is 1.19 bits per heavy atom. The number of carbonyl (C=O) groups is 1. The van der Waals surface area contributed by atoms with Crippen LogP contribution in [0.2, 0.25) is 5.02 Å². The first-order chi connectivity index (χ1) is 15.1. The number of rotatable bonds is 9. The Morgan fingerprint density at radius 2 is 2.00 bits per heavy atom. The molecule has 0 radical (unpaired) electrons. The Hall–Kier alpha value is -2.75. The number of anilines is 1. The topological polar surface area (TPSA) is 87.5 Å². The fourth-order valence-electron chi connectivity index (χ4n) is 3.08. The summed E-state index contributed by atoms with van der Waals surface area (Å²) in [6, 6.07) is 12.7. The van der Waals surface area contributed by atoms with Gasteiger partial charge in [0.1, 0.15) is 0 Å². The summed E-state index contributed by atoms with van der Waals surface area (Å²) in [6.07, 6.45) is 0.798. The minimum absolute atomic E-state index is 0.150. The number of carbonyl (C=O) groups excluding carboxylic acids is 1. The maximum absolute atomic E-state index is 12.5. The van der Waals surface area contributed by atoms with E-state index in [2.05, 4.69) is 15.5 Å². The summed E-state index contributed by atoms with van der Waals surface area (Å²) in [5.74, 6) is 2.06. The number of benzene rings is 2. The molecule has 1 aromatic heterocycles. The average Bonchev–Trinajstić information content (AvgIpc) is 3.40. The summed E-state index contributed by atoms with van der Waals surface area (Å²) in [5.41, 5.74) is 1.56. The zero-order valence-corrected chi connectivity index (χ0v) is 18.4. The number of aromatic nitrogens is 3. The molecule has 0 atom stereocenters. The van der Waals surface area contributed by atoms with E-state index < -0.39 is 0 Å². The first-order valence-corrected chi connectivity index (χ1v) is 11.0. The highest BCUT2D eigenvalue weighted by molar-refractivity contribution is 7.99. The zero-order chi connectivity index (χ0) is 21.6. The van der Waals surface area contributed by atoms with Gasteiger partial charge in [-0.1, -0.05) is 23.4 Å². The minimum atomic E-state index is -0.150. The normalized spacial score (nSPS) is 12.2. The number of fused-ring (bicyclic) bond motifs is 1. The Labute approximate surface area is 188 Å². The molecule has 1 N–H and O–H groups in total. The van der Waals surface area contributed by atoms with Crippen molar-refractivity contribution in [3.05, 3.63) is 47.5 Å². The maximum atomic E-state index is 12.5. The van der Waals surface area contributed by atoms with Crippen LogP contribution in [0.3, 0.4) is 0 Å². The van der Waals surface area contributed by atoms with Gasteiger partial charge in [0.2, 0.25) is 12.7 Å². The minimum Gasteiger partial charge on any atom is -0.454 e. The number of methoxy groups -OCH3 is 1. The van der Waals surface area contributed by atoms with Crippen molar-refractivity contribution < 1.29 is 19.0 Å². The summed E-state index contributed by atoms with van der Waals surface area (Å²) in [5, 5.41) is 12.8. The van der Waals surface area contributed by atoms with E-state index in [0.29, 0.717) is 40.5 Å². The number of amides is 1. The van der Waals surface area contributed by atoms with Crippen LogP contribution < -0.4 is 14.8 Å². The number of ether oxygens (including phenoxy) is 3. The third kappa shape index (κ3) is 5.30. The smallest absolute Gasteiger partial charge is 0.234 e. The second-order valence-corrected chi connectivity index (χ2v) is 8.09. The maximum Gasteiger partial charge on any atom is 0.234 e. The molecule has 0 unspecified atom stereocenters. The van der Waals surface area contributed by atoms with Gasteiger partial charge >= 0.3 is 0 Å². The van der Waals surface area contributed by atoms with Crippen LogP contribution in [0.4, 0.5) is 5.69 Å². The van der Waals surface area contributed by atoms with Gasteiger partial charge in [-0.25, -0.2) is 0 Å². The molecule has 0 spiro atoms. The fourth-order valence-corrected chi connectivity index (χ4v) is 3.97. The standard InChI is InChI=1S/C21H21ClN4O4S/c1-28-10-2-9-26-20(14-3-5-15(22)6-4-14)24-25-21(26)31-12-19(27)23-16-7-8-17-18(11-16)30-13-29-17/h3-8,11H,2,9-10,12-13H2,1H3,(H,23,27). The van der Waals surface area contributed by atoms with Gasteiger partial charge in [-0.2, -0.15) is 0 Å². The molecule has 0 aliphatic carbocycles. The van der Waals surface area contributed by atoms with Crippen LogP contribution in [0, 0.1) is 0 Å². The highest BCUT2D eigenvalue weighted by Crippen LogP contribution is 2.34. The summed E-state index contributed by atoms with van der Waals surface area (Å²) in [4.78, 5) is 12.5. The molecule has 8 nitrogen and oxygen atoms in total.